The number of nitrogens with one attached hydrogen (secondary N) is 1. The summed E-state index contributed by atoms with van der Waals surface area (Å²) in [6, 6.07) is 3.62. The van der Waals surface area contributed by atoms with Gasteiger partial charge in [-0.25, -0.2) is 0 Å². The summed E-state index contributed by atoms with van der Waals surface area (Å²) in [4.78, 5) is 16.0. The van der Waals surface area contributed by atoms with Gasteiger partial charge in [-0.05, 0) is 24.5 Å². The maximum Gasteiger partial charge on any atom is 0.251 e. The Labute approximate surface area is 97.3 Å². The molecule has 0 aliphatic heterocycles. The quantitative estimate of drug-likeness (QED) is 0.775. The molecular weight excluding hydrogens is 200 g/mol. The van der Waals surface area contributed by atoms with Crippen molar-refractivity contribution in [1.82, 2.24) is 10.3 Å². The van der Waals surface area contributed by atoms with Gasteiger partial charge in [0.1, 0.15) is 0 Å². The van der Waals surface area contributed by atoms with Crippen LogP contribution in [0.1, 0.15) is 55.6 Å². The molecule has 0 aliphatic rings. The van der Waals surface area contributed by atoms with Gasteiger partial charge in [0.05, 0.1) is 0 Å². The van der Waals surface area contributed by atoms with Gasteiger partial charge in [-0.3, -0.25) is 9.78 Å². The second kappa shape index (κ2) is 6.26. The van der Waals surface area contributed by atoms with E-state index in [9.17, 15) is 4.79 Å². The maximum absolute atomic E-state index is 11.8. The van der Waals surface area contributed by atoms with Crippen LogP contribution in [-0.2, 0) is 0 Å². The molecule has 1 aromatic rings. The molecule has 0 bridgehead atoms. The largest absolute Gasteiger partial charge is 0.352 e. The Morgan fingerprint density at radius 3 is 2.88 bits per heavy atom. The van der Waals surface area contributed by atoms with Crippen molar-refractivity contribution < 1.29 is 4.79 Å². The zero-order chi connectivity index (χ0) is 12.0. The van der Waals surface area contributed by atoms with E-state index in [1.165, 1.54) is 0 Å². The average Bonchev–Trinajstić information content (AvgIpc) is 2.29. The zero-order valence-corrected chi connectivity index (χ0v) is 10.3. The first kappa shape index (κ1) is 12.7. The first-order valence-electron chi connectivity index (χ1n) is 5.89. The molecule has 0 saturated heterocycles. The van der Waals surface area contributed by atoms with E-state index in [1.807, 2.05) is 6.07 Å². The van der Waals surface area contributed by atoms with Gasteiger partial charge >= 0.3 is 0 Å². The summed E-state index contributed by atoms with van der Waals surface area (Å²) in [6.45, 7) is 6.99. The van der Waals surface area contributed by atoms with Gasteiger partial charge in [0.25, 0.3) is 5.91 Å². The Morgan fingerprint density at radius 1 is 1.50 bits per heavy atom. The molecule has 88 valence electrons. The minimum Gasteiger partial charge on any atom is -0.352 e. The van der Waals surface area contributed by atoms with Crippen molar-refractivity contribution in [1.29, 1.82) is 0 Å². The topological polar surface area (TPSA) is 42.0 Å². The lowest BCUT2D eigenvalue weighted by Crippen LogP contribution is -2.24. The highest BCUT2D eigenvalue weighted by molar-refractivity contribution is 5.94. The van der Waals surface area contributed by atoms with Gasteiger partial charge in [0, 0.05) is 24.0 Å². The average molecular weight is 220 g/mol. The van der Waals surface area contributed by atoms with Crippen LogP contribution in [0.15, 0.2) is 18.3 Å². The van der Waals surface area contributed by atoms with Crippen LogP contribution in [0.4, 0.5) is 0 Å². The molecule has 16 heavy (non-hydrogen) atoms. The lowest BCUT2D eigenvalue weighted by molar-refractivity contribution is 0.0953. The van der Waals surface area contributed by atoms with E-state index in [4.69, 9.17) is 0 Å². The van der Waals surface area contributed by atoms with Crippen molar-refractivity contribution in [2.75, 3.05) is 6.54 Å². The van der Waals surface area contributed by atoms with Gasteiger partial charge in [-0.15, -0.1) is 0 Å². The van der Waals surface area contributed by atoms with Crippen molar-refractivity contribution in [2.24, 2.45) is 0 Å². The van der Waals surface area contributed by atoms with Gasteiger partial charge in [-0.1, -0.05) is 27.2 Å². The minimum atomic E-state index is -0.00208. The molecule has 1 N–H and O–H groups in total. The number of carbonyl (C=O) groups excluding carboxylic acids is 1. The Hall–Kier alpha value is -1.38. The molecule has 3 nitrogen and oxygen atoms in total. The normalized spacial score (nSPS) is 10.5. The highest BCUT2D eigenvalue weighted by atomic mass is 16.1. The van der Waals surface area contributed by atoms with E-state index in [1.54, 1.807) is 12.3 Å². The van der Waals surface area contributed by atoms with Crippen LogP contribution in [0.25, 0.3) is 0 Å². The lowest BCUT2D eigenvalue weighted by atomic mass is 10.1. The monoisotopic (exact) mass is 220 g/mol. The molecule has 1 amide bonds. The summed E-state index contributed by atoms with van der Waals surface area (Å²) < 4.78 is 0. The SMILES string of the molecule is CCCCNC(=O)c1ccnc(C(C)C)c1. The predicted octanol–water partition coefficient (Wildman–Crippen LogP) is 2.73. The van der Waals surface area contributed by atoms with E-state index in [0.717, 1.165) is 25.1 Å². The summed E-state index contributed by atoms with van der Waals surface area (Å²) in [5.41, 5.74) is 1.66. The van der Waals surface area contributed by atoms with Gasteiger partial charge in [0.15, 0.2) is 0 Å². The van der Waals surface area contributed by atoms with Crippen molar-refractivity contribution in [3.05, 3.63) is 29.6 Å². The molecule has 0 unspecified atom stereocenters. The molecule has 0 atom stereocenters. The van der Waals surface area contributed by atoms with Crippen LogP contribution < -0.4 is 5.32 Å². The number of pyridine rings is 1. The van der Waals surface area contributed by atoms with Crippen molar-refractivity contribution in [2.45, 2.75) is 39.5 Å². The van der Waals surface area contributed by atoms with E-state index < -0.39 is 0 Å². The number of hydrogen-bond donors (Lipinski definition) is 1. The molecule has 3 heteroatoms. The smallest absolute Gasteiger partial charge is 0.251 e. The Morgan fingerprint density at radius 2 is 2.25 bits per heavy atom. The molecule has 0 spiro atoms. The summed E-state index contributed by atoms with van der Waals surface area (Å²) in [7, 11) is 0. The fourth-order valence-electron chi connectivity index (χ4n) is 1.39. The molecule has 1 rings (SSSR count). The molecule has 1 heterocycles. The third kappa shape index (κ3) is 3.65. The van der Waals surface area contributed by atoms with Gasteiger partial charge in [0.2, 0.25) is 0 Å². The molecule has 0 radical (unpaired) electrons. The third-order valence-corrected chi connectivity index (χ3v) is 2.45. The van der Waals surface area contributed by atoms with Crippen molar-refractivity contribution in [3.8, 4) is 0 Å². The van der Waals surface area contributed by atoms with Crippen LogP contribution in [0.2, 0.25) is 0 Å². The predicted molar refractivity (Wildman–Crippen MR) is 65.6 cm³/mol. The van der Waals surface area contributed by atoms with Crippen molar-refractivity contribution in [3.63, 3.8) is 0 Å². The van der Waals surface area contributed by atoms with Crippen LogP contribution in [-0.4, -0.2) is 17.4 Å². The van der Waals surface area contributed by atoms with Crippen LogP contribution in [0.5, 0.6) is 0 Å². The van der Waals surface area contributed by atoms with E-state index >= 15 is 0 Å². The van der Waals surface area contributed by atoms with Crippen LogP contribution in [0, 0.1) is 0 Å². The molecule has 0 aromatic carbocycles. The highest BCUT2D eigenvalue weighted by Gasteiger charge is 2.07. The fourth-order valence-corrected chi connectivity index (χ4v) is 1.39. The molecular formula is C13H20N2O. The Balaban J connectivity index is 2.64. The summed E-state index contributed by atoms with van der Waals surface area (Å²) in [5.74, 6) is 0.348. The number of rotatable bonds is 5. The third-order valence-electron chi connectivity index (χ3n) is 2.45. The number of unbranched alkanes of at least 4 members (excludes halogenated alkanes) is 1. The second-order valence-electron chi connectivity index (χ2n) is 4.23. The van der Waals surface area contributed by atoms with Gasteiger partial charge in [-0.2, -0.15) is 0 Å². The molecule has 0 saturated carbocycles. The number of nitrogens with zero attached hydrogens (tertiary/aromatic N) is 1. The first-order chi connectivity index (χ1) is 7.65. The number of hydrogen-bond acceptors (Lipinski definition) is 2. The molecule has 0 aliphatic carbocycles. The van der Waals surface area contributed by atoms with Gasteiger partial charge < -0.3 is 5.32 Å². The Bertz CT molecular complexity index is 348. The Kier molecular flexibility index (Phi) is 4.96. The number of amides is 1. The minimum absolute atomic E-state index is 0.00208. The van der Waals surface area contributed by atoms with Crippen molar-refractivity contribution >= 4 is 5.91 Å². The highest BCUT2D eigenvalue weighted by Crippen LogP contribution is 2.12. The van der Waals surface area contributed by atoms with Crippen LogP contribution in [0.3, 0.4) is 0 Å². The fraction of sp³-hybridized carbons (Fsp3) is 0.538. The summed E-state index contributed by atoms with van der Waals surface area (Å²) in [6.07, 6.45) is 3.81. The lowest BCUT2D eigenvalue weighted by Gasteiger charge is -2.07. The number of carbonyl (C=O) groups is 1. The first-order valence-corrected chi connectivity index (χ1v) is 5.89. The standard InChI is InChI=1S/C13H20N2O/c1-4-5-7-15-13(16)11-6-8-14-12(9-11)10(2)3/h6,8-10H,4-5,7H2,1-3H3,(H,15,16). The van der Waals surface area contributed by atoms with Crippen LogP contribution >= 0.6 is 0 Å². The summed E-state index contributed by atoms with van der Waals surface area (Å²) in [5, 5.41) is 2.90. The molecule has 1 aromatic heterocycles. The van der Waals surface area contributed by atoms with E-state index in [2.05, 4.69) is 31.1 Å². The maximum atomic E-state index is 11.8. The zero-order valence-electron chi connectivity index (χ0n) is 10.3. The second-order valence-corrected chi connectivity index (χ2v) is 4.23. The van der Waals surface area contributed by atoms with E-state index in [0.29, 0.717) is 11.5 Å². The number of aromatic nitrogens is 1. The molecule has 0 fully saturated rings. The van der Waals surface area contributed by atoms with E-state index in [-0.39, 0.29) is 5.91 Å². The summed E-state index contributed by atoms with van der Waals surface area (Å²) >= 11 is 0.